The number of rotatable bonds is 11. The number of esters is 1. The van der Waals surface area contributed by atoms with Crippen LogP contribution in [0.2, 0.25) is 0 Å². The van der Waals surface area contributed by atoms with Crippen LogP contribution >= 0.6 is 11.8 Å². The number of fused-ring (bicyclic) bond motifs is 1. The van der Waals surface area contributed by atoms with Gasteiger partial charge in [0, 0.05) is 11.4 Å². The van der Waals surface area contributed by atoms with Gasteiger partial charge in [-0.15, -0.1) is 5.10 Å². The molecule has 1 unspecified atom stereocenters. The summed E-state index contributed by atoms with van der Waals surface area (Å²) in [5, 5.41) is 8.62. The number of nitrogens with zero attached hydrogens (tertiary/aromatic N) is 3. The van der Waals surface area contributed by atoms with E-state index in [9.17, 15) is 4.79 Å². The first-order valence-corrected chi connectivity index (χ1v) is 14.4. The second kappa shape index (κ2) is 12.6. The zero-order valence-electron chi connectivity index (χ0n) is 24.1. The molecule has 0 aliphatic carbocycles. The maximum atomic E-state index is 13.2. The molecule has 0 fully saturated rings. The molecule has 0 saturated heterocycles. The highest BCUT2D eigenvalue weighted by Gasteiger charge is 2.35. The van der Waals surface area contributed by atoms with Gasteiger partial charge in [-0.25, -0.2) is 9.48 Å². The Morgan fingerprint density at radius 2 is 1.93 bits per heavy atom. The number of anilines is 1. The summed E-state index contributed by atoms with van der Waals surface area (Å²) >= 11 is 1.58. The average Bonchev–Trinajstić information content (AvgIpc) is 3.34. The number of hydrogen-bond acceptors (Lipinski definition) is 8. The second-order valence-corrected chi connectivity index (χ2v) is 11.7. The molecule has 3 aromatic rings. The molecule has 0 bridgehead atoms. The summed E-state index contributed by atoms with van der Waals surface area (Å²) in [6.07, 6.45) is 2.55. The van der Waals surface area contributed by atoms with E-state index in [1.807, 2.05) is 25.1 Å². The van der Waals surface area contributed by atoms with Crippen LogP contribution in [0.3, 0.4) is 0 Å². The number of allylic oxidation sites excluding steroid dienone is 1. The molecule has 1 aliphatic rings. The minimum atomic E-state index is -0.565. The van der Waals surface area contributed by atoms with Gasteiger partial charge < -0.3 is 19.5 Å². The van der Waals surface area contributed by atoms with Crippen molar-refractivity contribution in [3.8, 4) is 11.5 Å². The van der Waals surface area contributed by atoms with Crippen molar-refractivity contribution >= 4 is 23.7 Å². The van der Waals surface area contributed by atoms with Crippen LogP contribution in [0.25, 0.3) is 0 Å². The minimum Gasteiger partial charge on any atom is -0.493 e. The minimum absolute atomic E-state index is 0.0935. The van der Waals surface area contributed by atoms with Crippen LogP contribution in [-0.2, 0) is 21.6 Å². The number of hydrogen-bond donors (Lipinski definition) is 1. The quantitative estimate of drug-likeness (QED) is 0.157. The normalized spacial score (nSPS) is 14.8. The summed E-state index contributed by atoms with van der Waals surface area (Å²) in [4.78, 5) is 17.9. The summed E-state index contributed by atoms with van der Waals surface area (Å²) in [7, 11) is 1.60. The highest BCUT2D eigenvalue weighted by Crippen LogP contribution is 2.40. The lowest BCUT2D eigenvalue weighted by molar-refractivity contribution is -0.138. The summed E-state index contributed by atoms with van der Waals surface area (Å²) < 4.78 is 19.1. The topological polar surface area (TPSA) is 87.5 Å². The molecule has 8 nitrogen and oxygen atoms in total. The van der Waals surface area contributed by atoms with E-state index in [0.717, 1.165) is 23.3 Å². The largest absolute Gasteiger partial charge is 0.493 e. The SMILES string of the molecule is C=CCOC(=O)C1=C(C)Nc2nc(SCCC)nn2C1c1ccc(OCc2ccc(C(C)(C)C)cc2)c(OC)c1. The van der Waals surface area contributed by atoms with Crippen molar-refractivity contribution in [3.63, 3.8) is 0 Å². The predicted molar refractivity (Wildman–Crippen MR) is 159 cm³/mol. The Morgan fingerprint density at radius 1 is 1.18 bits per heavy atom. The fourth-order valence-electron chi connectivity index (χ4n) is 4.41. The monoisotopic (exact) mass is 562 g/mol. The first-order valence-electron chi connectivity index (χ1n) is 13.4. The van der Waals surface area contributed by atoms with Gasteiger partial charge in [-0.1, -0.05) is 82.4 Å². The Bertz CT molecular complexity index is 1390. The van der Waals surface area contributed by atoms with Crippen molar-refractivity contribution in [3.05, 3.63) is 83.1 Å². The van der Waals surface area contributed by atoms with E-state index in [2.05, 4.69) is 68.8 Å². The van der Waals surface area contributed by atoms with Crippen LogP contribution < -0.4 is 14.8 Å². The summed E-state index contributed by atoms with van der Waals surface area (Å²) in [5.41, 5.74) is 4.33. The van der Waals surface area contributed by atoms with Gasteiger partial charge in [-0.3, -0.25) is 0 Å². The van der Waals surface area contributed by atoms with E-state index in [1.54, 1.807) is 29.6 Å². The Hall–Kier alpha value is -3.72. The molecule has 0 amide bonds. The third-order valence-corrected chi connectivity index (χ3v) is 7.58. The highest BCUT2D eigenvalue weighted by molar-refractivity contribution is 7.99. The third-order valence-electron chi connectivity index (χ3n) is 6.54. The van der Waals surface area contributed by atoms with E-state index in [1.165, 1.54) is 5.56 Å². The smallest absolute Gasteiger partial charge is 0.338 e. The molecular weight excluding hydrogens is 524 g/mol. The number of nitrogens with one attached hydrogen (secondary N) is 1. The molecule has 9 heteroatoms. The second-order valence-electron chi connectivity index (χ2n) is 10.6. The van der Waals surface area contributed by atoms with Crippen molar-refractivity contribution in [2.75, 3.05) is 24.8 Å². The number of benzene rings is 2. The van der Waals surface area contributed by atoms with Crippen molar-refractivity contribution in [1.82, 2.24) is 14.8 Å². The van der Waals surface area contributed by atoms with Crippen molar-refractivity contribution in [1.29, 1.82) is 0 Å². The van der Waals surface area contributed by atoms with E-state index in [0.29, 0.717) is 40.5 Å². The van der Waals surface area contributed by atoms with Crippen LogP contribution in [0.5, 0.6) is 11.5 Å². The number of methoxy groups -OCH3 is 1. The molecule has 212 valence electrons. The fraction of sp³-hybridized carbons (Fsp3) is 0.387. The molecular formula is C31H38N4O4S. The molecule has 2 aromatic carbocycles. The summed E-state index contributed by atoms with van der Waals surface area (Å²) in [6, 6.07) is 13.6. The van der Waals surface area contributed by atoms with Crippen molar-refractivity contribution in [2.45, 2.75) is 64.3 Å². The number of carbonyl (C=O) groups excluding carboxylic acids is 1. The maximum absolute atomic E-state index is 13.2. The Balaban J connectivity index is 1.65. The molecule has 0 radical (unpaired) electrons. The molecule has 4 rings (SSSR count). The molecule has 1 aliphatic heterocycles. The van der Waals surface area contributed by atoms with Gasteiger partial charge >= 0.3 is 5.97 Å². The van der Waals surface area contributed by atoms with Crippen molar-refractivity contribution in [2.24, 2.45) is 0 Å². The highest BCUT2D eigenvalue weighted by atomic mass is 32.2. The van der Waals surface area contributed by atoms with Gasteiger partial charge in [0.05, 0.1) is 12.7 Å². The molecule has 1 aromatic heterocycles. The van der Waals surface area contributed by atoms with Gasteiger partial charge in [0.25, 0.3) is 0 Å². The van der Waals surface area contributed by atoms with Crippen LogP contribution in [0.4, 0.5) is 5.95 Å². The zero-order valence-corrected chi connectivity index (χ0v) is 24.9. The molecule has 40 heavy (non-hydrogen) atoms. The number of thioether (sulfide) groups is 1. The van der Waals surface area contributed by atoms with E-state index >= 15 is 0 Å². The molecule has 1 atom stereocenters. The maximum Gasteiger partial charge on any atom is 0.338 e. The first kappa shape index (κ1) is 29.3. The zero-order chi connectivity index (χ0) is 28.9. The van der Waals surface area contributed by atoms with Gasteiger partial charge in [0.1, 0.15) is 19.3 Å². The molecule has 0 saturated carbocycles. The standard InChI is InChI=1S/C31H38N4O4S/c1-8-16-38-28(36)26-20(3)32-29-33-30(40-17-9-2)34-35(29)27(26)22-12-15-24(25(18-22)37-7)39-19-21-10-13-23(14-11-21)31(4,5)6/h8,10-15,18,27H,1,9,16-17,19H2,2-7H3,(H,32,33,34). The lowest BCUT2D eigenvalue weighted by Crippen LogP contribution is -2.29. The lowest BCUT2D eigenvalue weighted by atomic mass is 9.87. The molecule has 2 heterocycles. The summed E-state index contributed by atoms with van der Waals surface area (Å²) in [6.45, 7) is 14.7. The van der Waals surface area contributed by atoms with E-state index in [4.69, 9.17) is 19.3 Å². The Kier molecular flexibility index (Phi) is 9.25. The van der Waals surface area contributed by atoms with Crippen LogP contribution in [0.15, 0.2) is 71.5 Å². The fourth-order valence-corrected chi connectivity index (χ4v) is 5.09. The van der Waals surface area contributed by atoms with E-state index in [-0.39, 0.29) is 12.0 Å². The van der Waals surface area contributed by atoms with Crippen LogP contribution in [0, 0.1) is 0 Å². The lowest BCUT2D eigenvalue weighted by Gasteiger charge is -2.28. The van der Waals surface area contributed by atoms with Crippen molar-refractivity contribution < 1.29 is 19.0 Å². The molecule has 1 N–H and O–H groups in total. The van der Waals surface area contributed by atoms with Gasteiger partial charge in [-0.05, 0) is 47.6 Å². The predicted octanol–water partition coefficient (Wildman–Crippen LogP) is 6.68. The van der Waals surface area contributed by atoms with E-state index < -0.39 is 12.0 Å². The van der Waals surface area contributed by atoms with Crippen LogP contribution in [-0.4, -0.2) is 40.2 Å². The number of carbonyl (C=O) groups is 1. The van der Waals surface area contributed by atoms with Gasteiger partial charge in [-0.2, -0.15) is 4.98 Å². The third kappa shape index (κ3) is 6.53. The van der Waals surface area contributed by atoms with Gasteiger partial charge in [0.15, 0.2) is 11.5 Å². The first-order chi connectivity index (χ1) is 19.2. The average molecular weight is 563 g/mol. The molecule has 0 spiro atoms. The number of aromatic nitrogens is 3. The summed E-state index contributed by atoms with van der Waals surface area (Å²) in [5.74, 6) is 2.18. The van der Waals surface area contributed by atoms with Crippen LogP contribution in [0.1, 0.15) is 63.8 Å². The Labute approximate surface area is 240 Å². The number of ether oxygens (including phenoxy) is 3. The van der Waals surface area contributed by atoms with Gasteiger partial charge in [0.2, 0.25) is 11.1 Å². The Morgan fingerprint density at radius 3 is 2.58 bits per heavy atom.